The van der Waals surface area contributed by atoms with Gasteiger partial charge in [-0.15, -0.1) is 11.3 Å². The van der Waals surface area contributed by atoms with Gasteiger partial charge in [-0.1, -0.05) is 39.0 Å². The number of nitrogens with zero attached hydrogens (tertiary/aromatic N) is 1. The highest BCUT2D eigenvalue weighted by Gasteiger charge is 2.17. The standard InChI is InChI=1S/C14H18N2S/c1-14(2,3)13-16-10-12(17-13)9-15-11-7-5-4-6-8-11/h4-8,10,15H,9H2,1-3H3. The zero-order chi connectivity index (χ0) is 12.3. The minimum atomic E-state index is 0.148. The molecule has 90 valence electrons. The molecule has 0 fully saturated rings. The lowest BCUT2D eigenvalue weighted by Crippen LogP contribution is -2.09. The minimum Gasteiger partial charge on any atom is -0.380 e. The van der Waals surface area contributed by atoms with Crippen LogP contribution in [0.5, 0.6) is 0 Å². The predicted octanol–water partition coefficient (Wildman–Crippen LogP) is 4.05. The molecule has 0 atom stereocenters. The van der Waals surface area contributed by atoms with Gasteiger partial charge in [-0.2, -0.15) is 0 Å². The van der Waals surface area contributed by atoms with Gasteiger partial charge in [-0.25, -0.2) is 4.98 Å². The van der Waals surface area contributed by atoms with Crippen molar-refractivity contribution in [2.45, 2.75) is 32.7 Å². The lowest BCUT2D eigenvalue weighted by molar-refractivity contribution is 0.585. The lowest BCUT2D eigenvalue weighted by Gasteiger charge is -2.13. The fraction of sp³-hybridized carbons (Fsp3) is 0.357. The number of rotatable bonds is 3. The fourth-order valence-corrected chi connectivity index (χ4v) is 2.39. The van der Waals surface area contributed by atoms with E-state index in [9.17, 15) is 0 Å². The molecule has 0 saturated carbocycles. The van der Waals surface area contributed by atoms with Crippen LogP contribution in [0.25, 0.3) is 0 Å². The molecule has 2 aromatic rings. The molecule has 3 heteroatoms. The quantitative estimate of drug-likeness (QED) is 0.883. The first-order valence-corrected chi connectivity index (χ1v) is 6.61. The van der Waals surface area contributed by atoms with Gasteiger partial charge < -0.3 is 5.32 Å². The molecule has 0 bridgehead atoms. The second-order valence-corrected chi connectivity index (χ2v) is 6.22. The van der Waals surface area contributed by atoms with Gasteiger partial charge in [0.1, 0.15) is 0 Å². The molecular weight excluding hydrogens is 228 g/mol. The van der Waals surface area contributed by atoms with Crippen molar-refractivity contribution in [3.8, 4) is 0 Å². The highest BCUT2D eigenvalue weighted by molar-refractivity contribution is 7.11. The van der Waals surface area contributed by atoms with Gasteiger partial charge in [0.15, 0.2) is 0 Å². The van der Waals surface area contributed by atoms with Crippen molar-refractivity contribution in [3.63, 3.8) is 0 Å². The number of anilines is 1. The molecule has 0 aliphatic carbocycles. The summed E-state index contributed by atoms with van der Waals surface area (Å²) in [6.45, 7) is 7.43. The Hall–Kier alpha value is -1.35. The first-order valence-electron chi connectivity index (χ1n) is 5.80. The Morgan fingerprint density at radius 3 is 2.47 bits per heavy atom. The minimum absolute atomic E-state index is 0.148. The van der Waals surface area contributed by atoms with Gasteiger partial charge in [0, 0.05) is 22.2 Å². The highest BCUT2D eigenvalue weighted by atomic mass is 32.1. The zero-order valence-corrected chi connectivity index (χ0v) is 11.3. The fourth-order valence-electron chi connectivity index (χ4n) is 1.48. The normalized spacial score (nSPS) is 11.5. The topological polar surface area (TPSA) is 24.9 Å². The molecule has 0 saturated heterocycles. The van der Waals surface area contributed by atoms with E-state index in [0.717, 1.165) is 12.2 Å². The smallest absolute Gasteiger partial charge is 0.0981 e. The Morgan fingerprint density at radius 2 is 1.88 bits per heavy atom. The van der Waals surface area contributed by atoms with Crippen LogP contribution in [0.1, 0.15) is 30.7 Å². The average molecular weight is 246 g/mol. The summed E-state index contributed by atoms with van der Waals surface area (Å²) < 4.78 is 0. The monoisotopic (exact) mass is 246 g/mol. The van der Waals surface area contributed by atoms with Crippen molar-refractivity contribution < 1.29 is 0 Å². The largest absolute Gasteiger partial charge is 0.380 e. The van der Waals surface area contributed by atoms with E-state index in [2.05, 4.69) is 43.2 Å². The summed E-state index contributed by atoms with van der Waals surface area (Å²) in [5.41, 5.74) is 1.30. The maximum Gasteiger partial charge on any atom is 0.0981 e. The molecule has 1 heterocycles. The zero-order valence-electron chi connectivity index (χ0n) is 10.5. The van der Waals surface area contributed by atoms with Gasteiger partial charge >= 0.3 is 0 Å². The molecule has 0 aliphatic heterocycles. The molecule has 1 aromatic heterocycles. The maximum atomic E-state index is 4.48. The van der Waals surface area contributed by atoms with Crippen molar-refractivity contribution >= 4 is 17.0 Å². The van der Waals surface area contributed by atoms with Crippen LogP contribution in [0.2, 0.25) is 0 Å². The molecule has 0 amide bonds. The summed E-state index contributed by atoms with van der Waals surface area (Å²) in [7, 11) is 0. The number of hydrogen-bond acceptors (Lipinski definition) is 3. The van der Waals surface area contributed by atoms with Crippen molar-refractivity contribution in [3.05, 3.63) is 46.4 Å². The molecule has 2 rings (SSSR count). The first kappa shape index (κ1) is 12.1. The molecule has 1 aromatic carbocycles. The third-order valence-electron chi connectivity index (χ3n) is 2.44. The highest BCUT2D eigenvalue weighted by Crippen LogP contribution is 2.27. The number of thiazole rings is 1. The molecule has 0 unspecified atom stereocenters. The van der Waals surface area contributed by atoms with Crippen LogP contribution in [0.3, 0.4) is 0 Å². The third kappa shape index (κ3) is 3.30. The van der Waals surface area contributed by atoms with Crippen molar-refractivity contribution in [2.24, 2.45) is 0 Å². The Kier molecular flexibility index (Phi) is 3.48. The Morgan fingerprint density at radius 1 is 1.18 bits per heavy atom. The van der Waals surface area contributed by atoms with Crippen LogP contribution in [-0.4, -0.2) is 4.98 Å². The van der Waals surface area contributed by atoms with Crippen molar-refractivity contribution in [2.75, 3.05) is 5.32 Å². The van der Waals surface area contributed by atoms with Gasteiger partial charge in [0.05, 0.1) is 11.6 Å². The van der Waals surface area contributed by atoms with Gasteiger partial charge in [0.25, 0.3) is 0 Å². The second-order valence-electron chi connectivity index (χ2n) is 5.10. The number of para-hydroxylation sites is 1. The molecule has 0 aliphatic rings. The first-order chi connectivity index (χ1) is 8.05. The van der Waals surface area contributed by atoms with E-state index < -0.39 is 0 Å². The van der Waals surface area contributed by atoms with Crippen LogP contribution < -0.4 is 5.32 Å². The molecular formula is C14H18N2S. The van der Waals surface area contributed by atoms with Crippen LogP contribution in [0.4, 0.5) is 5.69 Å². The summed E-state index contributed by atoms with van der Waals surface area (Å²) in [5.74, 6) is 0. The van der Waals surface area contributed by atoms with Gasteiger partial charge in [-0.3, -0.25) is 0 Å². The molecule has 0 radical (unpaired) electrons. The Balaban J connectivity index is 1.99. The second kappa shape index (κ2) is 4.88. The van der Waals surface area contributed by atoms with E-state index in [4.69, 9.17) is 0 Å². The Bertz CT molecular complexity index is 468. The van der Waals surface area contributed by atoms with Crippen LogP contribution in [0.15, 0.2) is 36.5 Å². The summed E-state index contributed by atoms with van der Waals surface area (Å²) in [6, 6.07) is 10.2. The number of hydrogen-bond donors (Lipinski definition) is 1. The number of benzene rings is 1. The van der Waals surface area contributed by atoms with Crippen LogP contribution in [0, 0.1) is 0 Å². The predicted molar refractivity (Wildman–Crippen MR) is 74.6 cm³/mol. The summed E-state index contributed by atoms with van der Waals surface area (Å²) in [6.07, 6.45) is 1.97. The van der Waals surface area contributed by atoms with E-state index >= 15 is 0 Å². The summed E-state index contributed by atoms with van der Waals surface area (Å²) in [5, 5.41) is 4.59. The molecule has 17 heavy (non-hydrogen) atoms. The maximum absolute atomic E-state index is 4.48. The number of nitrogens with one attached hydrogen (secondary N) is 1. The van der Waals surface area contributed by atoms with E-state index in [0.29, 0.717) is 0 Å². The third-order valence-corrected chi connectivity index (χ3v) is 3.86. The molecule has 1 N–H and O–H groups in total. The summed E-state index contributed by atoms with van der Waals surface area (Å²) in [4.78, 5) is 5.75. The van der Waals surface area contributed by atoms with Crippen molar-refractivity contribution in [1.82, 2.24) is 4.98 Å². The SMILES string of the molecule is CC(C)(C)c1ncc(CNc2ccccc2)s1. The van der Waals surface area contributed by atoms with Crippen LogP contribution >= 0.6 is 11.3 Å². The van der Waals surface area contributed by atoms with E-state index in [1.54, 1.807) is 11.3 Å². The molecule has 2 nitrogen and oxygen atoms in total. The van der Waals surface area contributed by atoms with E-state index in [1.807, 2.05) is 24.4 Å². The van der Waals surface area contributed by atoms with E-state index in [-0.39, 0.29) is 5.41 Å². The average Bonchev–Trinajstić information content (AvgIpc) is 2.76. The van der Waals surface area contributed by atoms with Gasteiger partial charge in [0.2, 0.25) is 0 Å². The Labute approximate surface area is 107 Å². The lowest BCUT2D eigenvalue weighted by atomic mass is 9.98. The van der Waals surface area contributed by atoms with Gasteiger partial charge in [-0.05, 0) is 12.1 Å². The van der Waals surface area contributed by atoms with Crippen molar-refractivity contribution in [1.29, 1.82) is 0 Å². The van der Waals surface area contributed by atoms with E-state index in [1.165, 1.54) is 9.88 Å². The summed E-state index contributed by atoms with van der Waals surface area (Å²) >= 11 is 1.79. The number of aromatic nitrogens is 1. The molecule has 0 spiro atoms. The van der Waals surface area contributed by atoms with Crippen LogP contribution in [-0.2, 0) is 12.0 Å².